The zero-order chi connectivity index (χ0) is 18.0. The number of aryl methyl sites for hydroxylation is 1. The molecule has 1 aromatic carbocycles. The molecule has 4 nitrogen and oxygen atoms in total. The molecule has 1 heterocycles. The molecule has 1 aliphatic heterocycles. The van der Waals surface area contributed by atoms with Gasteiger partial charge in [-0.15, -0.1) is 0 Å². The highest BCUT2D eigenvalue weighted by Gasteiger charge is 2.41. The molecule has 24 heavy (non-hydrogen) atoms. The summed E-state index contributed by atoms with van der Waals surface area (Å²) in [7, 11) is 0. The topological polar surface area (TPSA) is 49.4 Å². The molecule has 1 atom stereocenters. The lowest BCUT2D eigenvalue weighted by molar-refractivity contribution is -0.146. The number of carbonyl (C=O) groups excluding carboxylic acids is 2. The van der Waals surface area contributed by atoms with Crippen molar-refractivity contribution in [2.45, 2.75) is 54.0 Å². The van der Waals surface area contributed by atoms with Crippen LogP contribution in [-0.2, 0) is 16.1 Å². The van der Waals surface area contributed by atoms with Crippen LogP contribution < -0.4 is 5.32 Å². The predicted octanol–water partition coefficient (Wildman–Crippen LogP) is 3.29. The van der Waals surface area contributed by atoms with Crippen LogP contribution in [0.4, 0.5) is 0 Å². The minimum absolute atomic E-state index is 0.0366. The second-order valence-corrected chi connectivity index (χ2v) is 8.31. The minimum Gasteiger partial charge on any atom is -0.351 e. The molecule has 2 rings (SSSR count). The molecular formula is C20H30N2O2. The van der Waals surface area contributed by atoms with E-state index in [-0.39, 0.29) is 11.8 Å². The Kier molecular flexibility index (Phi) is 5.36. The normalized spacial score (nSPS) is 21.5. The number of carbonyl (C=O) groups is 2. The fraction of sp³-hybridized carbons (Fsp3) is 0.600. The Morgan fingerprint density at radius 2 is 1.83 bits per heavy atom. The van der Waals surface area contributed by atoms with E-state index >= 15 is 0 Å². The van der Waals surface area contributed by atoms with Gasteiger partial charge in [0.25, 0.3) is 0 Å². The van der Waals surface area contributed by atoms with Crippen molar-refractivity contribution in [2.24, 2.45) is 10.8 Å². The van der Waals surface area contributed by atoms with Crippen LogP contribution >= 0.6 is 0 Å². The SMILES string of the molecule is Cc1ccc(CNC(=O)C2(C)CCCN(C(=O)C(C)(C)C)C2)cc1. The standard InChI is InChI=1S/C20H30N2O2/c1-15-7-9-16(10-8-15)13-21-17(23)20(5)11-6-12-22(14-20)18(24)19(2,3)4/h7-10H,6,11-14H2,1-5H3,(H,21,23). The molecule has 0 aliphatic carbocycles. The van der Waals surface area contributed by atoms with Crippen molar-refractivity contribution >= 4 is 11.8 Å². The lowest BCUT2D eigenvalue weighted by Gasteiger charge is -2.41. The molecule has 0 spiro atoms. The lowest BCUT2D eigenvalue weighted by atomic mass is 9.80. The van der Waals surface area contributed by atoms with E-state index in [1.165, 1.54) is 5.56 Å². The number of nitrogens with one attached hydrogen (secondary N) is 1. The first-order valence-electron chi connectivity index (χ1n) is 8.75. The molecule has 0 aromatic heterocycles. The first kappa shape index (κ1) is 18.5. The summed E-state index contributed by atoms with van der Waals surface area (Å²) in [5.74, 6) is 0.161. The molecule has 1 fully saturated rings. The molecular weight excluding hydrogens is 300 g/mol. The molecule has 1 unspecified atom stereocenters. The van der Waals surface area contributed by atoms with Gasteiger partial charge in [0.05, 0.1) is 5.41 Å². The molecule has 2 amide bonds. The van der Waals surface area contributed by atoms with Crippen molar-refractivity contribution in [1.29, 1.82) is 0 Å². The van der Waals surface area contributed by atoms with E-state index in [0.717, 1.165) is 24.9 Å². The van der Waals surface area contributed by atoms with Crippen LogP contribution in [0.5, 0.6) is 0 Å². The van der Waals surface area contributed by atoms with Gasteiger partial charge in [0.15, 0.2) is 0 Å². The first-order chi connectivity index (χ1) is 11.1. The Hall–Kier alpha value is -1.84. The predicted molar refractivity (Wildman–Crippen MR) is 96.4 cm³/mol. The molecule has 1 N–H and O–H groups in total. The third-order valence-corrected chi connectivity index (χ3v) is 4.75. The number of nitrogens with zero attached hydrogens (tertiary/aromatic N) is 1. The molecule has 1 saturated heterocycles. The third-order valence-electron chi connectivity index (χ3n) is 4.75. The summed E-state index contributed by atoms with van der Waals surface area (Å²) in [6.07, 6.45) is 1.69. The van der Waals surface area contributed by atoms with Crippen molar-refractivity contribution in [3.8, 4) is 0 Å². The van der Waals surface area contributed by atoms with Gasteiger partial charge in [-0.05, 0) is 32.3 Å². The Labute approximate surface area is 145 Å². The van der Waals surface area contributed by atoms with Gasteiger partial charge in [-0.1, -0.05) is 50.6 Å². The molecule has 132 valence electrons. The highest BCUT2D eigenvalue weighted by atomic mass is 16.2. The van der Waals surface area contributed by atoms with Gasteiger partial charge in [-0.25, -0.2) is 0 Å². The Morgan fingerprint density at radius 3 is 2.42 bits per heavy atom. The Morgan fingerprint density at radius 1 is 1.21 bits per heavy atom. The van der Waals surface area contributed by atoms with Gasteiger partial charge in [-0.3, -0.25) is 9.59 Å². The Bertz CT molecular complexity index is 601. The zero-order valence-corrected chi connectivity index (χ0v) is 15.6. The van der Waals surface area contributed by atoms with Crippen molar-refractivity contribution in [1.82, 2.24) is 10.2 Å². The monoisotopic (exact) mass is 330 g/mol. The van der Waals surface area contributed by atoms with Gasteiger partial charge in [0.1, 0.15) is 0 Å². The van der Waals surface area contributed by atoms with Crippen LogP contribution in [0.15, 0.2) is 24.3 Å². The number of hydrogen-bond donors (Lipinski definition) is 1. The van der Waals surface area contributed by atoms with Crippen LogP contribution in [0.25, 0.3) is 0 Å². The summed E-state index contributed by atoms with van der Waals surface area (Å²) >= 11 is 0. The lowest BCUT2D eigenvalue weighted by Crippen LogP contribution is -2.53. The number of rotatable bonds is 3. The van der Waals surface area contributed by atoms with Gasteiger partial charge in [-0.2, -0.15) is 0 Å². The quantitative estimate of drug-likeness (QED) is 0.924. The number of piperidine rings is 1. The van der Waals surface area contributed by atoms with Crippen molar-refractivity contribution in [3.05, 3.63) is 35.4 Å². The highest BCUT2D eigenvalue weighted by Crippen LogP contribution is 2.32. The zero-order valence-electron chi connectivity index (χ0n) is 15.6. The number of amides is 2. The number of likely N-dealkylation sites (tertiary alicyclic amines) is 1. The van der Waals surface area contributed by atoms with E-state index in [2.05, 4.69) is 5.32 Å². The van der Waals surface area contributed by atoms with Gasteiger partial charge < -0.3 is 10.2 Å². The summed E-state index contributed by atoms with van der Waals surface area (Å²) in [5, 5.41) is 3.05. The summed E-state index contributed by atoms with van der Waals surface area (Å²) in [5.41, 5.74) is 1.39. The van der Waals surface area contributed by atoms with Crippen LogP contribution in [0.1, 0.15) is 51.7 Å². The van der Waals surface area contributed by atoms with Crippen LogP contribution in [0.3, 0.4) is 0 Å². The van der Waals surface area contributed by atoms with Crippen LogP contribution in [-0.4, -0.2) is 29.8 Å². The molecule has 1 aliphatic rings. The van der Waals surface area contributed by atoms with Crippen LogP contribution in [0, 0.1) is 17.8 Å². The maximum atomic E-state index is 12.7. The van der Waals surface area contributed by atoms with E-state index in [1.54, 1.807) is 0 Å². The summed E-state index contributed by atoms with van der Waals surface area (Å²) in [6, 6.07) is 8.17. The van der Waals surface area contributed by atoms with E-state index in [9.17, 15) is 9.59 Å². The fourth-order valence-electron chi connectivity index (χ4n) is 3.17. The van der Waals surface area contributed by atoms with Crippen molar-refractivity contribution < 1.29 is 9.59 Å². The van der Waals surface area contributed by atoms with E-state index in [1.807, 2.05) is 63.8 Å². The Balaban J connectivity index is 1.99. The maximum Gasteiger partial charge on any atom is 0.227 e. The average Bonchev–Trinajstić information content (AvgIpc) is 2.52. The molecule has 0 bridgehead atoms. The van der Waals surface area contributed by atoms with E-state index in [0.29, 0.717) is 13.1 Å². The molecule has 4 heteroatoms. The summed E-state index contributed by atoms with van der Waals surface area (Å²) in [6.45, 7) is 11.6. The average molecular weight is 330 g/mol. The van der Waals surface area contributed by atoms with E-state index in [4.69, 9.17) is 0 Å². The second kappa shape index (κ2) is 6.96. The number of benzene rings is 1. The molecule has 1 aromatic rings. The van der Waals surface area contributed by atoms with Gasteiger partial charge in [0.2, 0.25) is 11.8 Å². The van der Waals surface area contributed by atoms with Crippen molar-refractivity contribution in [3.63, 3.8) is 0 Å². The first-order valence-corrected chi connectivity index (χ1v) is 8.75. The molecule has 0 saturated carbocycles. The largest absolute Gasteiger partial charge is 0.351 e. The molecule has 0 radical (unpaired) electrons. The highest BCUT2D eigenvalue weighted by molar-refractivity contribution is 5.85. The van der Waals surface area contributed by atoms with Gasteiger partial charge in [0, 0.05) is 25.0 Å². The fourth-order valence-corrected chi connectivity index (χ4v) is 3.17. The third kappa shape index (κ3) is 4.37. The smallest absolute Gasteiger partial charge is 0.227 e. The second-order valence-electron chi connectivity index (χ2n) is 8.31. The minimum atomic E-state index is -0.510. The number of hydrogen-bond acceptors (Lipinski definition) is 2. The summed E-state index contributed by atoms with van der Waals surface area (Å²) < 4.78 is 0. The van der Waals surface area contributed by atoms with Crippen molar-refractivity contribution in [2.75, 3.05) is 13.1 Å². The summed E-state index contributed by atoms with van der Waals surface area (Å²) in [4.78, 5) is 27.1. The van der Waals surface area contributed by atoms with E-state index < -0.39 is 10.8 Å². The van der Waals surface area contributed by atoms with Gasteiger partial charge >= 0.3 is 0 Å². The van der Waals surface area contributed by atoms with Crippen LogP contribution in [0.2, 0.25) is 0 Å². The maximum absolute atomic E-state index is 12.7.